The van der Waals surface area contributed by atoms with Crippen molar-refractivity contribution >= 4 is 11.8 Å². The molecule has 1 aromatic rings. The van der Waals surface area contributed by atoms with Crippen molar-refractivity contribution in [3.63, 3.8) is 0 Å². The lowest BCUT2D eigenvalue weighted by Gasteiger charge is -2.34. The minimum atomic E-state index is -0.284. The van der Waals surface area contributed by atoms with Gasteiger partial charge in [-0.1, -0.05) is 0 Å². The maximum absolute atomic E-state index is 13.3. The van der Waals surface area contributed by atoms with Crippen LogP contribution in [0.2, 0.25) is 0 Å². The van der Waals surface area contributed by atoms with Crippen LogP contribution in [-0.2, 0) is 11.2 Å². The van der Waals surface area contributed by atoms with Crippen molar-refractivity contribution in [3.8, 4) is 0 Å². The molecule has 1 aromatic carbocycles. The molecule has 5 heteroatoms. The van der Waals surface area contributed by atoms with E-state index in [-0.39, 0.29) is 18.0 Å². The summed E-state index contributed by atoms with van der Waals surface area (Å²) in [5.74, 6) is 0.259. The largest absolute Gasteiger partial charge is 0.453 e. The van der Waals surface area contributed by atoms with Crippen LogP contribution < -0.4 is 5.73 Å². The van der Waals surface area contributed by atoms with Crippen LogP contribution in [0.25, 0.3) is 0 Å². The number of nitrogens with two attached hydrogens (primary N) is 1. The van der Waals surface area contributed by atoms with E-state index in [0.29, 0.717) is 11.6 Å². The summed E-state index contributed by atoms with van der Waals surface area (Å²) in [5, 5.41) is 0. The van der Waals surface area contributed by atoms with E-state index in [1.54, 1.807) is 18.0 Å². The van der Waals surface area contributed by atoms with Crippen molar-refractivity contribution in [1.29, 1.82) is 0 Å². The number of benzene rings is 1. The number of carbonyl (C=O) groups is 1. The third kappa shape index (κ3) is 3.86. The Kier molecular flexibility index (Phi) is 5.04. The van der Waals surface area contributed by atoms with Crippen molar-refractivity contribution in [2.45, 2.75) is 38.1 Å². The first-order valence-corrected chi connectivity index (χ1v) is 7.36. The van der Waals surface area contributed by atoms with Crippen LogP contribution >= 0.6 is 0 Å². The minimum absolute atomic E-state index is 0.235. The third-order valence-corrected chi connectivity index (χ3v) is 4.44. The van der Waals surface area contributed by atoms with Crippen LogP contribution in [0.15, 0.2) is 18.2 Å². The van der Waals surface area contributed by atoms with E-state index in [2.05, 4.69) is 0 Å². The van der Waals surface area contributed by atoms with Gasteiger partial charge < -0.3 is 15.4 Å². The Morgan fingerprint density at radius 2 is 2.05 bits per heavy atom. The van der Waals surface area contributed by atoms with Crippen LogP contribution in [0.1, 0.15) is 31.2 Å². The van der Waals surface area contributed by atoms with Gasteiger partial charge in [0.05, 0.1) is 7.11 Å². The van der Waals surface area contributed by atoms with E-state index in [1.165, 1.54) is 19.2 Å². The summed E-state index contributed by atoms with van der Waals surface area (Å²) in [4.78, 5) is 13.2. The van der Waals surface area contributed by atoms with Crippen molar-refractivity contribution in [1.82, 2.24) is 4.90 Å². The summed E-state index contributed by atoms with van der Waals surface area (Å²) in [5.41, 5.74) is 7.45. The lowest BCUT2D eigenvalue weighted by atomic mass is 9.82. The number of amides is 1. The number of hydrogen-bond donors (Lipinski definition) is 1. The number of halogens is 1. The van der Waals surface area contributed by atoms with Crippen LogP contribution in [-0.4, -0.2) is 31.2 Å². The molecule has 1 fully saturated rings. The van der Waals surface area contributed by atoms with Gasteiger partial charge in [0.1, 0.15) is 5.82 Å². The van der Waals surface area contributed by atoms with E-state index in [1.807, 2.05) is 0 Å². The zero-order valence-electron chi connectivity index (χ0n) is 12.6. The highest BCUT2D eigenvalue weighted by Gasteiger charge is 2.27. The quantitative estimate of drug-likeness (QED) is 0.871. The number of nitrogens with zero attached hydrogens (tertiary/aromatic N) is 1. The second-order valence-corrected chi connectivity index (χ2v) is 5.80. The van der Waals surface area contributed by atoms with Crippen LogP contribution in [0, 0.1) is 11.7 Å². The van der Waals surface area contributed by atoms with Gasteiger partial charge in [-0.15, -0.1) is 0 Å². The van der Waals surface area contributed by atoms with Gasteiger partial charge in [-0.25, -0.2) is 9.18 Å². The molecule has 2 rings (SSSR count). The van der Waals surface area contributed by atoms with Crippen molar-refractivity contribution in [2.75, 3.05) is 19.9 Å². The molecule has 21 heavy (non-hydrogen) atoms. The Bertz CT molecular complexity index is 499. The van der Waals surface area contributed by atoms with Gasteiger partial charge in [-0.2, -0.15) is 0 Å². The molecule has 0 aliphatic heterocycles. The van der Waals surface area contributed by atoms with E-state index in [4.69, 9.17) is 10.5 Å². The van der Waals surface area contributed by atoms with Gasteiger partial charge >= 0.3 is 6.09 Å². The highest BCUT2D eigenvalue weighted by Crippen LogP contribution is 2.31. The molecular weight excluding hydrogens is 271 g/mol. The first-order valence-electron chi connectivity index (χ1n) is 7.36. The Labute approximate surface area is 125 Å². The molecule has 0 radical (unpaired) electrons. The Hall–Kier alpha value is -1.78. The molecule has 0 spiro atoms. The van der Waals surface area contributed by atoms with E-state index >= 15 is 0 Å². The highest BCUT2D eigenvalue weighted by molar-refractivity contribution is 5.67. The molecule has 0 unspecified atom stereocenters. The normalized spacial score (nSPS) is 21.9. The van der Waals surface area contributed by atoms with Crippen LogP contribution in [0.4, 0.5) is 14.9 Å². The van der Waals surface area contributed by atoms with Crippen molar-refractivity contribution in [2.24, 2.45) is 5.92 Å². The number of anilines is 1. The zero-order valence-corrected chi connectivity index (χ0v) is 12.6. The molecule has 116 valence electrons. The van der Waals surface area contributed by atoms with Gasteiger partial charge in [0.15, 0.2) is 0 Å². The molecule has 0 saturated heterocycles. The molecule has 0 aromatic heterocycles. The molecule has 1 amide bonds. The first kappa shape index (κ1) is 15.6. The number of hydrogen-bond acceptors (Lipinski definition) is 3. The van der Waals surface area contributed by atoms with Gasteiger partial charge in [0.2, 0.25) is 0 Å². The molecule has 1 aliphatic carbocycles. The molecular formula is C16H23FN2O2. The molecule has 0 atom stereocenters. The SMILES string of the molecule is COC(=O)N(C)[C@H]1CC[C@H](Cc2cc(F)ccc2N)CC1. The van der Waals surface area contributed by atoms with Gasteiger partial charge in [0, 0.05) is 18.8 Å². The molecule has 1 aliphatic rings. The monoisotopic (exact) mass is 294 g/mol. The third-order valence-electron chi connectivity index (χ3n) is 4.44. The average Bonchev–Trinajstić information content (AvgIpc) is 2.50. The summed E-state index contributed by atoms with van der Waals surface area (Å²) in [6.45, 7) is 0. The number of nitrogen functional groups attached to an aromatic ring is 1. The molecule has 0 bridgehead atoms. The smallest absolute Gasteiger partial charge is 0.409 e. The lowest BCUT2D eigenvalue weighted by Crippen LogP contribution is -2.39. The van der Waals surface area contributed by atoms with E-state index in [9.17, 15) is 9.18 Å². The molecule has 0 heterocycles. The fourth-order valence-electron chi connectivity index (χ4n) is 3.09. The number of ether oxygens (including phenoxy) is 1. The second kappa shape index (κ2) is 6.78. The van der Waals surface area contributed by atoms with E-state index in [0.717, 1.165) is 37.7 Å². The van der Waals surface area contributed by atoms with Crippen molar-refractivity contribution < 1.29 is 13.9 Å². The topological polar surface area (TPSA) is 55.6 Å². The molecule has 4 nitrogen and oxygen atoms in total. The Morgan fingerprint density at radius 3 is 2.67 bits per heavy atom. The van der Waals surface area contributed by atoms with Crippen LogP contribution in [0.5, 0.6) is 0 Å². The summed E-state index contributed by atoms with van der Waals surface area (Å²) >= 11 is 0. The minimum Gasteiger partial charge on any atom is -0.453 e. The summed E-state index contributed by atoms with van der Waals surface area (Å²) < 4.78 is 18.0. The summed E-state index contributed by atoms with van der Waals surface area (Å²) in [6, 6.07) is 4.78. The zero-order chi connectivity index (χ0) is 15.4. The van der Waals surface area contributed by atoms with Gasteiger partial charge in [-0.05, 0) is 61.8 Å². The van der Waals surface area contributed by atoms with Gasteiger partial charge in [-0.3, -0.25) is 0 Å². The maximum Gasteiger partial charge on any atom is 0.409 e. The van der Waals surface area contributed by atoms with Gasteiger partial charge in [0.25, 0.3) is 0 Å². The van der Waals surface area contributed by atoms with Crippen molar-refractivity contribution in [3.05, 3.63) is 29.6 Å². The Balaban J connectivity index is 1.89. The number of carbonyl (C=O) groups excluding carboxylic acids is 1. The standard InChI is InChI=1S/C16H23FN2O2/c1-19(16(20)21-2)14-6-3-11(4-7-14)9-12-10-13(17)5-8-15(12)18/h5,8,10-11,14H,3-4,6-7,9,18H2,1-2H3/t11-,14-. The predicted molar refractivity (Wildman–Crippen MR) is 80.4 cm³/mol. The fourth-order valence-corrected chi connectivity index (χ4v) is 3.09. The maximum atomic E-state index is 13.3. The second-order valence-electron chi connectivity index (χ2n) is 5.80. The number of methoxy groups -OCH3 is 1. The number of rotatable bonds is 3. The first-order chi connectivity index (χ1) is 10.0. The molecule has 2 N–H and O–H groups in total. The summed E-state index contributed by atoms with van der Waals surface area (Å²) in [6.07, 6.45) is 4.45. The highest BCUT2D eigenvalue weighted by atomic mass is 19.1. The van der Waals surface area contributed by atoms with E-state index < -0.39 is 0 Å². The summed E-state index contributed by atoms with van der Waals surface area (Å²) in [7, 11) is 3.18. The Morgan fingerprint density at radius 1 is 1.38 bits per heavy atom. The fraction of sp³-hybridized carbons (Fsp3) is 0.562. The molecule has 1 saturated carbocycles. The van der Waals surface area contributed by atoms with Crippen LogP contribution in [0.3, 0.4) is 0 Å². The predicted octanol–water partition coefficient (Wildman–Crippen LogP) is 3.21. The average molecular weight is 294 g/mol. The lowest BCUT2D eigenvalue weighted by molar-refractivity contribution is 0.102.